The van der Waals surface area contributed by atoms with E-state index in [2.05, 4.69) is 50.2 Å². The van der Waals surface area contributed by atoms with Gasteiger partial charge in [0.1, 0.15) is 0 Å². The summed E-state index contributed by atoms with van der Waals surface area (Å²) in [5, 5.41) is 8.68. The van der Waals surface area contributed by atoms with Gasteiger partial charge in [0.25, 0.3) is 0 Å². The zero-order valence-corrected chi connectivity index (χ0v) is 12.0. The number of aliphatic carboxylic acids is 1. The van der Waals surface area contributed by atoms with Crippen LogP contribution < -0.4 is 0 Å². The first kappa shape index (κ1) is 14.3. The average Bonchev–Trinajstić information content (AvgIpc) is 2.42. The Morgan fingerprint density at radius 1 is 1.00 bits per heavy atom. The summed E-state index contributed by atoms with van der Waals surface area (Å²) < 4.78 is 0. The van der Waals surface area contributed by atoms with E-state index >= 15 is 0 Å². The van der Waals surface area contributed by atoms with Gasteiger partial charge in [0.05, 0.1) is 0 Å². The molecule has 0 unspecified atom stereocenters. The van der Waals surface area contributed by atoms with Crippen LogP contribution >= 0.6 is 0 Å². The lowest BCUT2D eigenvalue weighted by Gasteiger charge is -2.08. The van der Waals surface area contributed by atoms with E-state index in [4.69, 9.17) is 5.11 Å². The van der Waals surface area contributed by atoms with E-state index in [1.54, 1.807) is 0 Å². The monoisotopic (exact) mass is 268 g/mol. The third kappa shape index (κ3) is 3.70. The van der Waals surface area contributed by atoms with Crippen molar-refractivity contribution in [2.75, 3.05) is 0 Å². The third-order valence-corrected chi connectivity index (χ3v) is 3.62. The van der Waals surface area contributed by atoms with Gasteiger partial charge in [0.15, 0.2) is 0 Å². The zero-order valence-electron chi connectivity index (χ0n) is 12.0. The van der Waals surface area contributed by atoms with E-state index in [0.717, 1.165) is 6.42 Å². The number of hydrogen-bond acceptors (Lipinski definition) is 1. The maximum atomic E-state index is 10.5. The molecule has 104 valence electrons. The summed E-state index contributed by atoms with van der Waals surface area (Å²) in [6, 6.07) is 14.8. The maximum Gasteiger partial charge on any atom is 0.303 e. The molecule has 0 fully saturated rings. The Labute approximate surface area is 120 Å². The minimum atomic E-state index is -0.727. The molecule has 2 rings (SSSR count). The predicted octanol–water partition coefficient (Wildman–Crippen LogP) is 4.38. The molecule has 2 heteroatoms. The highest BCUT2D eigenvalue weighted by molar-refractivity contribution is 5.67. The molecule has 0 aliphatic heterocycles. The second kappa shape index (κ2) is 6.38. The van der Waals surface area contributed by atoms with Gasteiger partial charge >= 0.3 is 5.97 Å². The summed E-state index contributed by atoms with van der Waals surface area (Å²) in [4.78, 5) is 10.5. The largest absolute Gasteiger partial charge is 0.481 e. The van der Waals surface area contributed by atoms with Crippen LogP contribution in [0.2, 0.25) is 0 Å². The van der Waals surface area contributed by atoms with Gasteiger partial charge in [0, 0.05) is 6.42 Å². The van der Waals surface area contributed by atoms with Gasteiger partial charge in [-0.15, -0.1) is 0 Å². The average molecular weight is 268 g/mol. The molecular formula is C18H20O2. The second-order valence-corrected chi connectivity index (χ2v) is 5.25. The number of aryl methyl sites for hydroxylation is 3. The summed E-state index contributed by atoms with van der Waals surface area (Å²) in [7, 11) is 0. The molecule has 0 amide bonds. The highest BCUT2D eigenvalue weighted by Gasteiger charge is 2.03. The summed E-state index contributed by atoms with van der Waals surface area (Å²) in [5.41, 5.74) is 6.20. The van der Waals surface area contributed by atoms with Crippen LogP contribution in [-0.2, 0) is 11.2 Å². The Kier molecular flexibility index (Phi) is 4.57. The van der Waals surface area contributed by atoms with Gasteiger partial charge in [-0.3, -0.25) is 4.79 Å². The maximum absolute atomic E-state index is 10.5. The topological polar surface area (TPSA) is 37.3 Å². The highest BCUT2D eigenvalue weighted by atomic mass is 16.4. The summed E-state index contributed by atoms with van der Waals surface area (Å²) in [5.74, 6) is -0.727. The zero-order chi connectivity index (χ0) is 14.5. The molecule has 2 aromatic rings. The quantitative estimate of drug-likeness (QED) is 0.873. The Bertz CT molecular complexity index is 615. The Hall–Kier alpha value is -2.09. The molecule has 0 atom stereocenters. The first-order chi connectivity index (χ1) is 9.56. The third-order valence-electron chi connectivity index (χ3n) is 3.62. The van der Waals surface area contributed by atoms with Crippen molar-refractivity contribution in [2.24, 2.45) is 0 Å². The molecule has 2 aromatic carbocycles. The molecule has 1 N–H and O–H groups in total. The van der Waals surface area contributed by atoms with Crippen LogP contribution in [-0.4, -0.2) is 11.1 Å². The van der Waals surface area contributed by atoms with Crippen molar-refractivity contribution in [3.8, 4) is 11.1 Å². The minimum absolute atomic E-state index is 0.230. The Morgan fingerprint density at radius 3 is 2.45 bits per heavy atom. The van der Waals surface area contributed by atoms with E-state index in [0.29, 0.717) is 6.42 Å². The first-order valence-electron chi connectivity index (χ1n) is 6.94. The van der Waals surface area contributed by atoms with E-state index < -0.39 is 5.97 Å². The van der Waals surface area contributed by atoms with Gasteiger partial charge in [-0.05, 0) is 54.5 Å². The number of carboxylic acid groups (broad SMARTS) is 1. The molecular weight excluding hydrogens is 248 g/mol. The number of carbonyl (C=O) groups is 1. The van der Waals surface area contributed by atoms with Crippen LogP contribution in [0.5, 0.6) is 0 Å². The normalized spacial score (nSPS) is 10.5. The van der Waals surface area contributed by atoms with Crippen molar-refractivity contribution in [1.82, 2.24) is 0 Å². The fraction of sp³-hybridized carbons (Fsp3) is 0.278. The predicted molar refractivity (Wildman–Crippen MR) is 81.9 cm³/mol. The second-order valence-electron chi connectivity index (χ2n) is 5.25. The van der Waals surface area contributed by atoms with Crippen LogP contribution in [0.4, 0.5) is 0 Å². The smallest absolute Gasteiger partial charge is 0.303 e. The van der Waals surface area contributed by atoms with Crippen LogP contribution in [0.25, 0.3) is 11.1 Å². The van der Waals surface area contributed by atoms with E-state index in [9.17, 15) is 4.79 Å². The van der Waals surface area contributed by atoms with Crippen molar-refractivity contribution in [1.29, 1.82) is 0 Å². The van der Waals surface area contributed by atoms with Crippen LogP contribution in [0.1, 0.15) is 29.5 Å². The number of rotatable bonds is 5. The van der Waals surface area contributed by atoms with Crippen molar-refractivity contribution in [2.45, 2.75) is 33.1 Å². The van der Waals surface area contributed by atoms with E-state index in [1.165, 1.54) is 27.8 Å². The number of carboxylic acids is 1. The van der Waals surface area contributed by atoms with Gasteiger partial charge in [-0.25, -0.2) is 0 Å². The molecule has 0 radical (unpaired) electrons. The summed E-state index contributed by atoms with van der Waals surface area (Å²) >= 11 is 0. The molecule has 0 spiro atoms. The van der Waals surface area contributed by atoms with Gasteiger partial charge in [-0.2, -0.15) is 0 Å². The van der Waals surface area contributed by atoms with Crippen molar-refractivity contribution in [3.63, 3.8) is 0 Å². The van der Waals surface area contributed by atoms with Crippen LogP contribution in [0, 0.1) is 13.8 Å². The molecule has 0 heterocycles. The summed E-state index contributed by atoms with van der Waals surface area (Å²) in [6.45, 7) is 4.23. The van der Waals surface area contributed by atoms with E-state index in [1.807, 2.05) is 6.07 Å². The molecule has 0 aliphatic rings. The van der Waals surface area contributed by atoms with Crippen molar-refractivity contribution < 1.29 is 9.90 Å². The lowest BCUT2D eigenvalue weighted by atomic mass is 9.98. The molecule has 2 nitrogen and oxygen atoms in total. The van der Waals surface area contributed by atoms with Gasteiger partial charge in [-0.1, -0.05) is 42.5 Å². The standard InChI is InChI=1S/C18H20O2/c1-13-9-10-17(11-14(13)2)16-7-3-5-15(12-16)6-4-8-18(19)20/h3,5,7,9-12H,4,6,8H2,1-2H3,(H,19,20). The van der Waals surface area contributed by atoms with Crippen LogP contribution in [0.15, 0.2) is 42.5 Å². The summed E-state index contributed by atoms with van der Waals surface area (Å²) in [6.07, 6.45) is 1.73. The van der Waals surface area contributed by atoms with Crippen molar-refractivity contribution >= 4 is 5.97 Å². The number of benzene rings is 2. The first-order valence-corrected chi connectivity index (χ1v) is 6.94. The molecule has 0 bridgehead atoms. The lowest BCUT2D eigenvalue weighted by molar-refractivity contribution is -0.137. The Balaban J connectivity index is 2.16. The molecule has 20 heavy (non-hydrogen) atoms. The lowest BCUT2D eigenvalue weighted by Crippen LogP contribution is -1.96. The van der Waals surface area contributed by atoms with Gasteiger partial charge in [0.2, 0.25) is 0 Å². The van der Waals surface area contributed by atoms with Crippen LogP contribution in [0.3, 0.4) is 0 Å². The number of hydrogen-bond donors (Lipinski definition) is 1. The Morgan fingerprint density at radius 2 is 1.75 bits per heavy atom. The van der Waals surface area contributed by atoms with Crippen molar-refractivity contribution in [3.05, 3.63) is 59.2 Å². The fourth-order valence-electron chi connectivity index (χ4n) is 2.27. The molecule has 0 saturated carbocycles. The van der Waals surface area contributed by atoms with E-state index in [-0.39, 0.29) is 6.42 Å². The molecule has 0 aliphatic carbocycles. The van der Waals surface area contributed by atoms with Gasteiger partial charge < -0.3 is 5.11 Å². The molecule has 0 aromatic heterocycles. The highest BCUT2D eigenvalue weighted by Crippen LogP contribution is 2.23. The minimum Gasteiger partial charge on any atom is -0.481 e. The SMILES string of the molecule is Cc1ccc(-c2cccc(CCCC(=O)O)c2)cc1C. The molecule has 0 saturated heterocycles. The fourth-order valence-corrected chi connectivity index (χ4v) is 2.27.